The van der Waals surface area contributed by atoms with E-state index in [4.69, 9.17) is 30.6 Å². The van der Waals surface area contributed by atoms with Gasteiger partial charge in [0.05, 0.1) is 0 Å². The van der Waals surface area contributed by atoms with Crippen LogP contribution in [-0.2, 0) is 0 Å². The van der Waals surface area contributed by atoms with Gasteiger partial charge in [0.2, 0.25) is 0 Å². The fraction of sp³-hybridized carbons (Fsp3) is 0. The lowest BCUT2D eigenvalue weighted by Gasteiger charge is -1.56. The van der Waals surface area contributed by atoms with Crippen molar-refractivity contribution in [1.29, 1.82) is 0 Å². The van der Waals surface area contributed by atoms with E-state index in [1.807, 2.05) is 0 Å². The summed E-state index contributed by atoms with van der Waals surface area (Å²) in [5.74, 6) is 0. The number of nitrogens with zero attached hydrogens (tertiary/aromatic N) is 2. The fourth-order valence-corrected chi connectivity index (χ4v) is 0. The molecule has 0 aliphatic carbocycles. The van der Waals surface area contributed by atoms with Gasteiger partial charge in [0, 0.05) is 0 Å². The van der Waals surface area contributed by atoms with Crippen molar-refractivity contribution in [1.82, 2.24) is 12.3 Å². The lowest BCUT2D eigenvalue weighted by Crippen LogP contribution is -1.81. The van der Waals surface area contributed by atoms with Crippen molar-refractivity contribution in [3.05, 3.63) is 20.2 Å². The quantitative estimate of drug-likeness (QED) is 0.271. The molecule has 64 valence electrons. The molecule has 0 unspecified atom stereocenters. The summed E-state index contributed by atoms with van der Waals surface area (Å²) in [5, 5.41) is 27.3. The molecular weight excluding hydrogens is 152 g/mol. The Balaban J connectivity index is -0.0000000300. The summed E-state index contributed by atoms with van der Waals surface area (Å²) in [6.45, 7) is 0. The highest BCUT2D eigenvalue weighted by Gasteiger charge is 1.65. The molecular formula is H8N4O6. The SMILES string of the molecule is N.N.O=[N+]([O-])O.O=[N+]([O-])O. The molecule has 0 atom stereocenters. The molecule has 10 heteroatoms. The Hall–Kier alpha value is -1.68. The Morgan fingerprint density at radius 1 is 0.900 bits per heavy atom. The first-order valence-corrected chi connectivity index (χ1v) is 1.13. The average Bonchev–Trinajstić information content (AvgIpc) is 1.25. The first-order valence-electron chi connectivity index (χ1n) is 1.13. The first-order chi connectivity index (χ1) is 3.46. The zero-order valence-corrected chi connectivity index (χ0v) is 4.84. The molecule has 0 aromatic heterocycles. The molecule has 0 rings (SSSR count). The van der Waals surface area contributed by atoms with Crippen LogP contribution in [0.4, 0.5) is 0 Å². The zero-order valence-electron chi connectivity index (χ0n) is 4.84. The Morgan fingerprint density at radius 2 is 0.900 bits per heavy atom. The molecule has 0 aromatic carbocycles. The number of hydrogen-bond donors (Lipinski definition) is 4. The van der Waals surface area contributed by atoms with E-state index in [0.717, 1.165) is 0 Å². The van der Waals surface area contributed by atoms with E-state index < -0.39 is 10.2 Å². The minimum atomic E-state index is -1.50. The summed E-state index contributed by atoms with van der Waals surface area (Å²) in [4.78, 5) is 16.7. The largest absolute Gasteiger partial charge is 0.344 e. The molecule has 0 aromatic rings. The van der Waals surface area contributed by atoms with Gasteiger partial charge in [0.15, 0.2) is 0 Å². The van der Waals surface area contributed by atoms with E-state index >= 15 is 0 Å². The van der Waals surface area contributed by atoms with Gasteiger partial charge in [-0.3, -0.25) is 0 Å². The van der Waals surface area contributed by atoms with Crippen molar-refractivity contribution in [3.8, 4) is 0 Å². The summed E-state index contributed by atoms with van der Waals surface area (Å²) < 4.78 is 0. The van der Waals surface area contributed by atoms with Gasteiger partial charge >= 0.3 is 0 Å². The van der Waals surface area contributed by atoms with Gasteiger partial charge in [-0.2, -0.15) is 0 Å². The molecule has 0 saturated heterocycles. The van der Waals surface area contributed by atoms with E-state index in [2.05, 4.69) is 0 Å². The van der Waals surface area contributed by atoms with Crippen LogP contribution >= 0.6 is 0 Å². The minimum absolute atomic E-state index is 0. The van der Waals surface area contributed by atoms with Crippen LogP contribution in [0.1, 0.15) is 0 Å². The number of rotatable bonds is 0. The standard InChI is InChI=1S/2HNO3.2H3N/c2*2-1(3)4;;/h2*(H,2,3,4);2*1H3. The maximum absolute atomic E-state index is 8.36. The van der Waals surface area contributed by atoms with E-state index in [-0.39, 0.29) is 12.3 Å². The molecule has 0 heterocycles. The predicted molar refractivity (Wildman–Crippen MR) is 27.6 cm³/mol. The molecule has 0 amide bonds. The summed E-state index contributed by atoms with van der Waals surface area (Å²) in [6.07, 6.45) is 0. The maximum atomic E-state index is 8.36. The van der Waals surface area contributed by atoms with Crippen molar-refractivity contribution < 1.29 is 20.6 Å². The van der Waals surface area contributed by atoms with Crippen LogP contribution in [0.5, 0.6) is 0 Å². The van der Waals surface area contributed by atoms with Gasteiger partial charge in [-0.05, 0) is 0 Å². The lowest BCUT2D eigenvalue weighted by atomic mass is 13.1. The van der Waals surface area contributed by atoms with Gasteiger partial charge in [-0.1, -0.05) is 0 Å². The van der Waals surface area contributed by atoms with Gasteiger partial charge in [0.25, 0.3) is 10.2 Å². The summed E-state index contributed by atoms with van der Waals surface area (Å²) in [5.41, 5.74) is 0. The first kappa shape index (κ1) is 23.9. The Morgan fingerprint density at radius 3 is 0.900 bits per heavy atom. The van der Waals surface area contributed by atoms with E-state index in [1.54, 1.807) is 0 Å². The summed E-state index contributed by atoms with van der Waals surface area (Å²) in [7, 11) is 0. The maximum Gasteiger partial charge on any atom is 0.291 e. The highest BCUT2D eigenvalue weighted by Crippen LogP contribution is 1.38. The van der Waals surface area contributed by atoms with Crippen molar-refractivity contribution in [3.63, 3.8) is 0 Å². The zero-order chi connectivity index (χ0) is 7.15. The second-order valence-corrected chi connectivity index (χ2v) is 0.476. The average molecular weight is 160 g/mol. The lowest BCUT2D eigenvalue weighted by molar-refractivity contribution is -0.742. The van der Waals surface area contributed by atoms with Gasteiger partial charge in [-0.25, -0.2) is 0 Å². The minimum Gasteiger partial charge on any atom is -0.344 e. The Bertz CT molecular complexity index is 67.7. The molecule has 10 heavy (non-hydrogen) atoms. The predicted octanol–water partition coefficient (Wildman–Crippen LogP) is -0.371. The molecule has 0 saturated carbocycles. The van der Waals surface area contributed by atoms with Gasteiger partial charge in [-0.15, -0.1) is 20.2 Å². The normalized spacial score (nSPS) is 4.80. The van der Waals surface area contributed by atoms with Crippen molar-refractivity contribution >= 4 is 0 Å². The molecule has 0 aliphatic rings. The van der Waals surface area contributed by atoms with Crippen molar-refractivity contribution in [2.75, 3.05) is 0 Å². The highest BCUT2D eigenvalue weighted by molar-refractivity contribution is 3.83. The van der Waals surface area contributed by atoms with Crippen LogP contribution in [-0.4, -0.2) is 20.6 Å². The third-order valence-electron chi connectivity index (χ3n) is 0. The van der Waals surface area contributed by atoms with Crippen LogP contribution in [0.25, 0.3) is 0 Å². The second-order valence-electron chi connectivity index (χ2n) is 0.476. The van der Waals surface area contributed by atoms with Crippen LogP contribution in [0.3, 0.4) is 0 Å². The topological polar surface area (TPSA) is 197 Å². The smallest absolute Gasteiger partial charge is 0.291 e. The third kappa shape index (κ3) is 63.4. The van der Waals surface area contributed by atoms with Crippen LogP contribution < -0.4 is 12.3 Å². The van der Waals surface area contributed by atoms with Crippen LogP contribution in [0, 0.1) is 20.2 Å². The fourth-order valence-electron chi connectivity index (χ4n) is 0. The van der Waals surface area contributed by atoms with Gasteiger partial charge in [0.1, 0.15) is 0 Å². The van der Waals surface area contributed by atoms with Crippen LogP contribution in [0.15, 0.2) is 0 Å². The second kappa shape index (κ2) is 15.7. The molecule has 0 aliphatic heterocycles. The van der Waals surface area contributed by atoms with E-state index in [9.17, 15) is 0 Å². The van der Waals surface area contributed by atoms with Gasteiger partial charge < -0.3 is 22.7 Å². The molecule has 10 nitrogen and oxygen atoms in total. The highest BCUT2D eigenvalue weighted by atomic mass is 16.9. The molecule has 0 spiro atoms. The molecule has 0 bridgehead atoms. The number of hydrogen-bond acceptors (Lipinski definition) is 6. The van der Waals surface area contributed by atoms with Crippen molar-refractivity contribution in [2.24, 2.45) is 0 Å². The van der Waals surface area contributed by atoms with Crippen molar-refractivity contribution in [2.45, 2.75) is 0 Å². The van der Waals surface area contributed by atoms with E-state index in [0.29, 0.717) is 0 Å². The monoisotopic (exact) mass is 160 g/mol. The van der Waals surface area contributed by atoms with E-state index in [1.165, 1.54) is 0 Å². The molecule has 0 radical (unpaired) electrons. The summed E-state index contributed by atoms with van der Waals surface area (Å²) in [6, 6.07) is 0. The van der Waals surface area contributed by atoms with Crippen LogP contribution in [0.2, 0.25) is 0 Å². The Labute approximate surface area is 54.5 Å². The summed E-state index contributed by atoms with van der Waals surface area (Å²) >= 11 is 0. The molecule has 8 N–H and O–H groups in total. The Kier molecular flexibility index (Phi) is 37.4. The third-order valence-corrected chi connectivity index (χ3v) is 0. The molecule has 0 fully saturated rings.